The Morgan fingerprint density at radius 2 is 2.23 bits per heavy atom. The van der Waals surface area contributed by atoms with Crippen LogP contribution in [0.5, 0.6) is 0 Å². The highest BCUT2D eigenvalue weighted by Gasteiger charge is 2.12. The van der Waals surface area contributed by atoms with Crippen LogP contribution in [-0.4, -0.2) is 49.4 Å². The molecule has 0 saturated carbocycles. The monoisotopic (exact) mass is 221 g/mol. The molecule has 5 heteroatoms. The molecule has 0 amide bonds. The average molecular weight is 221 g/mol. The summed E-state index contributed by atoms with van der Waals surface area (Å²) >= 11 is 4.32. The molecule has 0 spiro atoms. The van der Waals surface area contributed by atoms with Crippen molar-refractivity contribution in [3.05, 3.63) is 0 Å². The molecule has 0 aromatic rings. The van der Waals surface area contributed by atoms with Crippen molar-refractivity contribution in [1.82, 2.24) is 0 Å². The third-order valence-corrected chi connectivity index (χ3v) is 3.52. The van der Waals surface area contributed by atoms with E-state index < -0.39 is 6.10 Å². The normalized spacial score (nSPS) is 17.1. The number of methoxy groups -OCH3 is 1. The van der Waals surface area contributed by atoms with Crippen molar-refractivity contribution in [2.24, 2.45) is 0 Å². The minimum atomic E-state index is -0.551. The van der Waals surface area contributed by atoms with Crippen LogP contribution >= 0.6 is 12.6 Å². The van der Waals surface area contributed by atoms with Gasteiger partial charge < -0.3 is 14.9 Å². The number of hydrogen-bond acceptors (Lipinski definition) is 4. The highest BCUT2D eigenvalue weighted by Crippen LogP contribution is 2.01. The predicted molar refractivity (Wildman–Crippen MR) is 58.3 cm³/mol. The summed E-state index contributed by atoms with van der Waals surface area (Å²) in [5, 5.41) is 18.5. The lowest BCUT2D eigenvalue weighted by Gasteiger charge is -2.12. The first kappa shape index (κ1) is 13.2. The molecular formula is C8H17O3SSi. The van der Waals surface area contributed by atoms with Crippen molar-refractivity contribution in [3.63, 3.8) is 0 Å². The van der Waals surface area contributed by atoms with Crippen LogP contribution in [0.2, 0.25) is 0 Å². The Kier molecular flexibility index (Phi) is 7.64. The third kappa shape index (κ3) is 5.46. The number of hydrogen-bond donors (Lipinski definition) is 3. The van der Waals surface area contributed by atoms with Crippen molar-refractivity contribution in [1.29, 1.82) is 0 Å². The van der Waals surface area contributed by atoms with Gasteiger partial charge in [-0.1, -0.05) is 13.3 Å². The minimum Gasteiger partial charge on any atom is -0.515 e. The van der Waals surface area contributed by atoms with Crippen LogP contribution in [0.25, 0.3) is 0 Å². The molecule has 0 heterocycles. The summed E-state index contributed by atoms with van der Waals surface area (Å²) in [7, 11) is 1.70. The second-order valence-corrected chi connectivity index (χ2v) is 5.35. The first-order valence-corrected chi connectivity index (χ1v) is 5.89. The summed E-state index contributed by atoms with van der Waals surface area (Å²) in [5.74, 6) is 0. The molecule has 0 fully saturated rings. The van der Waals surface area contributed by atoms with Crippen molar-refractivity contribution in [3.8, 4) is 0 Å². The molecule has 0 saturated heterocycles. The van der Waals surface area contributed by atoms with Gasteiger partial charge in [0, 0.05) is 12.0 Å². The SMILES string of the molecule is CCCC(S)[Si]=C(O)C(CO)OC. The van der Waals surface area contributed by atoms with Crippen LogP contribution in [-0.2, 0) is 4.74 Å². The van der Waals surface area contributed by atoms with Crippen LogP contribution in [0.15, 0.2) is 0 Å². The maximum absolute atomic E-state index is 9.50. The Balaban J connectivity index is 4.11. The van der Waals surface area contributed by atoms with Crippen LogP contribution in [0, 0.1) is 0 Å². The summed E-state index contributed by atoms with van der Waals surface area (Å²) in [6.07, 6.45) is 1.46. The van der Waals surface area contributed by atoms with Gasteiger partial charge in [0.25, 0.3) is 0 Å². The third-order valence-electron chi connectivity index (χ3n) is 1.63. The molecule has 0 rings (SSSR count). The van der Waals surface area contributed by atoms with Gasteiger partial charge in [0.05, 0.1) is 21.1 Å². The second kappa shape index (κ2) is 7.55. The summed E-state index contributed by atoms with van der Waals surface area (Å²) < 4.78 is 4.88. The lowest BCUT2D eigenvalue weighted by molar-refractivity contribution is 0.0852. The van der Waals surface area contributed by atoms with Gasteiger partial charge in [-0.2, -0.15) is 12.6 Å². The second-order valence-electron chi connectivity index (χ2n) is 2.74. The summed E-state index contributed by atoms with van der Waals surface area (Å²) in [5.41, 5.74) is 0. The van der Waals surface area contributed by atoms with Gasteiger partial charge in [-0.05, 0) is 6.42 Å². The molecular weight excluding hydrogens is 204 g/mol. The van der Waals surface area contributed by atoms with E-state index in [9.17, 15) is 5.11 Å². The van der Waals surface area contributed by atoms with E-state index in [1.165, 1.54) is 7.11 Å². The van der Waals surface area contributed by atoms with Crippen LogP contribution < -0.4 is 0 Å². The zero-order valence-electron chi connectivity index (χ0n) is 8.03. The van der Waals surface area contributed by atoms with Crippen LogP contribution in [0.4, 0.5) is 0 Å². The van der Waals surface area contributed by atoms with Gasteiger partial charge in [-0.25, -0.2) is 0 Å². The average Bonchev–Trinajstić information content (AvgIpc) is 2.06. The number of ether oxygens (including phenoxy) is 1. The van der Waals surface area contributed by atoms with E-state index >= 15 is 0 Å². The molecule has 0 aliphatic heterocycles. The molecule has 77 valence electrons. The fourth-order valence-corrected chi connectivity index (χ4v) is 2.71. The van der Waals surface area contributed by atoms with Crippen molar-refractivity contribution >= 4 is 27.1 Å². The molecule has 0 bridgehead atoms. The Morgan fingerprint density at radius 3 is 2.62 bits per heavy atom. The van der Waals surface area contributed by atoms with Crippen molar-refractivity contribution < 1.29 is 14.9 Å². The fraction of sp³-hybridized carbons (Fsp3) is 0.875. The number of aliphatic hydroxyl groups excluding tert-OH is 2. The highest BCUT2D eigenvalue weighted by molar-refractivity contribution is 7.82. The van der Waals surface area contributed by atoms with E-state index in [1.54, 1.807) is 0 Å². The Labute approximate surface area is 87.0 Å². The van der Waals surface area contributed by atoms with Gasteiger partial charge in [0.2, 0.25) is 0 Å². The van der Waals surface area contributed by atoms with Gasteiger partial charge >= 0.3 is 0 Å². The lowest BCUT2D eigenvalue weighted by Crippen LogP contribution is -2.31. The maximum Gasteiger partial charge on any atom is 0.131 e. The number of thiol groups is 1. The van der Waals surface area contributed by atoms with E-state index in [-0.39, 0.29) is 26.0 Å². The highest BCUT2D eigenvalue weighted by atomic mass is 32.1. The fourth-order valence-electron chi connectivity index (χ4n) is 0.882. The molecule has 2 atom stereocenters. The first-order chi connectivity index (χ1) is 6.15. The van der Waals surface area contributed by atoms with Crippen LogP contribution in [0.1, 0.15) is 19.8 Å². The van der Waals surface area contributed by atoms with Gasteiger partial charge in [-0.15, -0.1) is 0 Å². The van der Waals surface area contributed by atoms with E-state index in [0.29, 0.717) is 0 Å². The topological polar surface area (TPSA) is 49.7 Å². The van der Waals surface area contributed by atoms with Gasteiger partial charge in [0.1, 0.15) is 6.10 Å². The molecule has 0 aliphatic carbocycles. The number of aliphatic hydroxyl groups is 2. The lowest BCUT2D eigenvalue weighted by atomic mass is 10.4. The molecule has 3 nitrogen and oxygen atoms in total. The standard InChI is InChI=1S/C8H17O3SSi/c1-3-4-7(12)13-8(10)6(5-9)11-2/h6-7,9-10,12H,3-5H2,1-2H3. The molecule has 2 N–H and O–H groups in total. The van der Waals surface area contributed by atoms with Gasteiger partial charge in [-0.3, -0.25) is 0 Å². The predicted octanol–water partition coefficient (Wildman–Crippen LogP) is 0.256. The van der Waals surface area contributed by atoms with E-state index in [0.717, 1.165) is 12.8 Å². The quantitative estimate of drug-likeness (QED) is 0.445. The Morgan fingerprint density at radius 1 is 1.62 bits per heavy atom. The van der Waals surface area contributed by atoms with Crippen molar-refractivity contribution in [2.75, 3.05) is 13.7 Å². The van der Waals surface area contributed by atoms with Crippen LogP contribution in [0.3, 0.4) is 0 Å². The van der Waals surface area contributed by atoms with Gasteiger partial charge in [0.15, 0.2) is 0 Å². The molecule has 1 radical (unpaired) electrons. The van der Waals surface area contributed by atoms with E-state index in [2.05, 4.69) is 19.6 Å². The Bertz CT molecular complexity index is 159. The largest absolute Gasteiger partial charge is 0.515 e. The minimum absolute atomic E-state index is 0.175. The molecule has 13 heavy (non-hydrogen) atoms. The molecule has 0 aromatic heterocycles. The zero-order chi connectivity index (χ0) is 10.3. The zero-order valence-corrected chi connectivity index (χ0v) is 9.92. The van der Waals surface area contributed by atoms with Crippen molar-refractivity contribution in [2.45, 2.75) is 30.7 Å². The smallest absolute Gasteiger partial charge is 0.131 e. The number of rotatable bonds is 6. The maximum atomic E-state index is 9.50. The molecule has 2 unspecified atom stereocenters. The molecule has 0 aliphatic rings. The summed E-state index contributed by atoms with van der Waals surface area (Å²) in [4.78, 5) is 0.175. The Hall–Kier alpha value is 0.157. The van der Waals surface area contributed by atoms with E-state index in [1.807, 2.05) is 0 Å². The van der Waals surface area contributed by atoms with E-state index in [4.69, 9.17) is 9.84 Å². The molecule has 0 aromatic carbocycles. The first-order valence-electron chi connectivity index (χ1n) is 4.29. The summed E-state index contributed by atoms with van der Waals surface area (Å²) in [6, 6.07) is 0. The summed E-state index contributed by atoms with van der Waals surface area (Å²) in [6.45, 7) is 1.90.